The Labute approximate surface area is 83.5 Å². The van der Waals surface area contributed by atoms with Crippen LogP contribution in [0.1, 0.15) is 23.7 Å². The summed E-state index contributed by atoms with van der Waals surface area (Å²) in [4.78, 5) is 15.4. The second kappa shape index (κ2) is 5.34. The maximum atomic E-state index is 11.3. The Morgan fingerprint density at radius 2 is 2.36 bits per heavy atom. The molecule has 14 heavy (non-hydrogen) atoms. The number of nitrogens with two attached hydrogens (primary N) is 1. The van der Waals surface area contributed by atoms with Gasteiger partial charge in [0.1, 0.15) is 5.82 Å². The summed E-state index contributed by atoms with van der Waals surface area (Å²) in [6, 6.07) is 3.57. The first kappa shape index (κ1) is 10.7. The number of hydrogen-bond donors (Lipinski definition) is 2. The molecule has 0 amide bonds. The van der Waals surface area contributed by atoms with Gasteiger partial charge >= 0.3 is 0 Å². The molecule has 1 rings (SSSR count). The predicted octanol–water partition coefficient (Wildman–Crippen LogP) is 1.04. The Morgan fingerprint density at radius 1 is 1.57 bits per heavy atom. The molecular weight excluding hydrogens is 178 g/mol. The number of pyridine rings is 1. The monoisotopic (exact) mass is 193 g/mol. The zero-order valence-electron chi connectivity index (χ0n) is 8.29. The Morgan fingerprint density at radius 3 is 2.86 bits per heavy atom. The van der Waals surface area contributed by atoms with Crippen LogP contribution in [0.3, 0.4) is 0 Å². The molecule has 4 nitrogen and oxygen atoms in total. The van der Waals surface area contributed by atoms with Gasteiger partial charge in [0.25, 0.3) is 0 Å². The van der Waals surface area contributed by atoms with E-state index in [-0.39, 0.29) is 5.78 Å². The number of nitrogens with one attached hydrogen (secondary N) is 1. The van der Waals surface area contributed by atoms with E-state index in [1.165, 1.54) is 0 Å². The van der Waals surface area contributed by atoms with E-state index in [2.05, 4.69) is 10.3 Å². The van der Waals surface area contributed by atoms with Gasteiger partial charge in [-0.25, -0.2) is 4.98 Å². The molecule has 0 atom stereocenters. The van der Waals surface area contributed by atoms with Gasteiger partial charge in [-0.15, -0.1) is 0 Å². The van der Waals surface area contributed by atoms with Crippen molar-refractivity contribution in [3.8, 4) is 0 Å². The molecule has 0 aliphatic rings. The molecule has 0 unspecified atom stereocenters. The molecule has 3 N–H and O–H groups in total. The number of anilines is 1. The number of hydrogen-bond acceptors (Lipinski definition) is 4. The normalized spacial score (nSPS) is 9.86. The highest BCUT2D eigenvalue weighted by Crippen LogP contribution is 2.06. The average Bonchev–Trinajstić information content (AvgIpc) is 2.26. The second-order valence-electron chi connectivity index (χ2n) is 2.92. The van der Waals surface area contributed by atoms with Gasteiger partial charge in [-0.3, -0.25) is 4.79 Å². The molecule has 1 heterocycles. The minimum absolute atomic E-state index is 0.114. The summed E-state index contributed by atoms with van der Waals surface area (Å²) in [7, 11) is 0. The summed E-state index contributed by atoms with van der Waals surface area (Å²) in [5.41, 5.74) is 5.99. The number of carbonyl (C=O) groups is 1. The fourth-order valence-electron chi connectivity index (χ4n) is 1.07. The zero-order valence-corrected chi connectivity index (χ0v) is 8.29. The molecule has 1 aromatic rings. The summed E-state index contributed by atoms with van der Waals surface area (Å²) in [6.45, 7) is 3.09. The van der Waals surface area contributed by atoms with Gasteiger partial charge in [-0.05, 0) is 12.1 Å². The van der Waals surface area contributed by atoms with Crippen molar-refractivity contribution in [2.75, 3.05) is 18.4 Å². The number of carbonyl (C=O) groups excluding carboxylic acids is 1. The van der Waals surface area contributed by atoms with Gasteiger partial charge < -0.3 is 11.1 Å². The highest BCUT2D eigenvalue weighted by molar-refractivity contribution is 5.95. The third-order valence-corrected chi connectivity index (χ3v) is 1.86. The Balaban J connectivity index is 2.63. The summed E-state index contributed by atoms with van der Waals surface area (Å²) in [5, 5.41) is 3.03. The van der Waals surface area contributed by atoms with Crippen molar-refractivity contribution >= 4 is 11.6 Å². The van der Waals surface area contributed by atoms with Crippen LogP contribution in [0.15, 0.2) is 18.3 Å². The number of ketones is 1. The third kappa shape index (κ3) is 2.81. The highest BCUT2D eigenvalue weighted by atomic mass is 16.1. The number of rotatable bonds is 5. The van der Waals surface area contributed by atoms with Gasteiger partial charge in [0.05, 0.1) is 0 Å². The molecule has 76 valence electrons. The lowest BCUT2D eigenvalue weighted by atomic mass is 10.1. The molecule has 0 aliphatic heterocycles. The smallest absolute Gasteiger partial charge is 0.164 e. The van der Waals surface area contributed by atoms with Gasteiger partial charge in [0.15, 0.2) is 5.78 Å². The van der Waals surface area contributed by atoms with Gasteiger partial charge in [0, 0.05) is 31.3 Å². The van der Waals surface area contributed by atoms with Crippen LogP contribution in [0.25, 0.3) is 0 Å². The first-order valence-corrected chi connectivity index (χ1v) is 4.71. The molecule has 0 aromatic carbocycles. The maximum Gasteiger partial charge on any atom is 0.164 e. The van der Waals surface area contributed by atoms with E-state index in [9.17, 15) is 4.79 Å². The van der Waals surface area contributed by atoms with Crippen molar-refractivity contribution in [1.82, 2.24) is 4.98 Å². The summed E-state index contributed by atoms with van der Waals surface area (Å²) in [5.74, 6) is 0.867. The molecule has 4 heteroatoms. The predicted molar refractivity (Wildman–Crippen MR) is 56.4 cm³/mol. The van der Waals surface area contributed by atoms with Crippen LogP contribution in [0.2, 0.25) is 0 Å². The minimum atomic E-state index is 0.114. The van der Waals surface area contributed by atoms with Crippen molar-refractivity contribution < 1.29 is 4.79 Å². The van der Waals surface area contributed by atoms with E-state index in [1.54, 1.807) is 18.3 Å². The van der Waals surface area contributed by atoms with Gasteiger partial charge in [-0.1, -0.05) is 6.92 Å². The number of aromatic nitrogens is 1. The molecule has 0 aliphatic carbocycles. The van der Waals surface area contributed by atoms with Crippen LogP contribution < -0.4 is 11.1 Å². The minimum Gasteiger partial charge on any atom is -0.369 e. The molecule has 0 bridgehead atoms. The topological polar surface area (TPSA) is 68.0 Å². The highest BCUT2D eigenvalue weighted by Gasteiger charge is 2.02. The SMILES string of the molecule is CCC(=O)c1ccc(NCCN)nc1. The van der Waals surface area contributed by atoms with Gasteiger partial charge in [-0.2, -0.15) is 0 Å². The summed E-state index contributed by atoms with van der Waals surface area (Å²) in [6.07, 6.45) is 2.10. The van der Waals surface area contributed by atoms with Crippen molar-refractivity contribution in [1.29, 1.82) is 0 Å². The molecule has 1 aromatic heterocycles. The van der Waals surface area contributed by atoms with Crippen LogP contribution in [0.4, 0.5) is 5.82 Å². The number of nitrogens with zero attached hydrogens (tertiary/aromatic N) is 1. The Bertz CT molecular complexity index is 295. The second-order valence-corrected chi connectivity index (χ2v) is 2.92. The van der Waals surface area contributed by atoms with Crippen molar-refractivity contribution in [2.45, 2.75) is 13.3 Å². The summed E-state index contributed by atoms with van der Waals surface area (Å²) >= 11 is 0. The van der Waals surface area contributed by atoms with E-state index in [4.69, 9.17) is 5.73 Å². The van der Waals surface area contributed by atoms with E-state index < -0.39 is 0 Å². The Hall–Kier alpha value is -1.42. The van der Waals surface area contributed by atoms with Crippen molar-refractivity contribution in [3.05, 3.63) is 23.9 Å². The van der Waals surface area contributed by atoms with Crippen LogP contribution in [-0.2, 0) is 0 Å². The Kier molecular flexibility index (Phi) is 4.07. The van der Waals surface area contributed by atoms with E-state index in [1.807, 2.05) is 6.92 Å². The van der Waals surface area contributed by atoms with Crippen LogP contribution in [0, 0.1) is 0 Å². The van der Waals surface area contributed by atoms with E-state index in [0.717, 1.165) is 5.82 Å². The molecule has 0 saturated carbocycles. The molecular formula is C10H15N3O. The first-order chi connectivity index (χ1) is 6.77. The standard InChI is InChI=1S/C10H15N3O/c1-2-9(14)8-3-4-10(13-7-8)12-6-5-11/h3-4,7H,2,5-6,11H2,1H3,(H,12,13). The summed E-state index contributed by atoms with van der Waals surface area (Å²) < 4.78 is 0. The average molecular weight is 193 g/mol. The van der Waals surface area contributed by atoms with Crippen LogP contribution >= 0.6 is 0 Å². The molecule has 0 fully saturated rings. The third-order valence-electron chi connectivity index (χ3n) is 1.86. The largest absolute Gasteiger partial charge is 0.369 e. The molecule has 0 spiro atoms. The first-order valence-electron chi connectivity index (χ1n) is 4.71. The molecule has 0 radical (unpaired) electrons. The van der Waals surface area contributed by atoms with E-state index in [0.29, 0.717) is 25.1 Å². The molecule has 0 saturated heterocycles. The lowest BCUT2D eigenvalue weighted by Crippen LogP contribution is -2.13. The van der Waals surface area contributed by atoms with Crippen LogP contribution in [0.5, 0.6) is 0 Å². The van der Waals surface area contributed by atoms with Crippen molar-refractivity contribution in [3.63, 3.8) is 0 Å². The van der Waals surface area contributed by atoms with E-state index >= 15 is 0 Å². The number of Topliss-reactive ketones (excluding diaryl/α,β-unsaturated/α-hetero) is 1. The quantitative estimate of drug-likeness (QED) is 0.686. The van der Waals surface area contributed by atoms with Crippen LogP contribution in [-0.4, -0.2) is 23.9 Å². The van der Waals surface area contributed by atoms with Crippen molar-refractivity contribution in [2.24, 2.45) is 5.73 Å². The van der Waals surface area contributed by atoms with Gasteiger partial charge in [0.2, 0.25) is 0 Å². The fraction of sp³-hybridized carbons (Fsp3) is 0.400. The lowest BCUT2D eigenvalue weighted by molar-refractivity contribution is 0.0988. The maximum absolute atomic E-state index is 11.3. The zero-order chi connectivity index (χ0) is 10.4. The fourth-order valence-corrected chi connectivity index (χ4v) is 1.07. The lowest BCUT2D eigenvalue weighted by Gasteiger charge is -2.03.